The van der Waals surface area contributed by atoms with Gasteiger partial charge in [-0.25, -0.2) is 18.2 Å². The van der Waals surface area contributed by atoms with Crippen LogP contribution in [-0.2, 0) is 10.0 Å². The van der Waals surface area contributed by atoms with Gasteiger partial charge in [-0.2, -0.15) is 4.98 Å². The third-order valence-corrected chi connectivity index (χ3v) is 5.27. The molecule has 1 aromatic heterocycles. The van der Waals surface area contributed by atoms with E-state index in [4.69, 9.17) is 0 Å². The highest BCUT2D eigenvalue weighted by molar-refractivity contribution is 7.99. The Morgan fingerprint density at radius 2 is 1.87 bits per heavy atom. The van der Waals surface area contributed by atoms with E-state index in [1.165, 1.54) is 11.8 Å². The molecule has 8 heteroatoms. The summed E-state index contributed by atoms with van der Waals surface area (Å²) in [5.41, 5.74) is 0. The second kappa shape index (κ2) is 6.21. The molecular formula is C15H16N4O2S2. The normalized spacial score (nSPS) is 12.0. The second-order valence-corrected chi connectivity index (χ2v) is 8.47. The molecule has 2 N–H and O–H groups in total. The molecule has 0 atom stereocenters. The standard InChI is InChI=1S/C15H16N4O2S2/c1-10(2)22-15-16-14(17-18-15)19-23(20,21)13-8-7-11-5-3-4-6-12(11)9-13/h3-10H,1-2H3,(H2,16,17,18,19). The zero-order valence-electron chi connectivity index (χ0n) is 12.6. The second-order valence-electron chi connectivity index (χ2n) is 5.25. The molecule has 0 saturated carbocycles. The average Bonchev–Trinajstić information content (AvgIpc) is 2.92. The minimum atomic E-state index is -3.71. The summed E-state index contributed by atoms with van der Waals surface area (Å²) in [7, 11) is -3.71. The van der Waals surface area contributed by atoms with Crippen molar-refractivity contribution < 1.29 is 8.42 Å². The lowest BCUT2D eigenvalue weighted by atomic mass is 10.1. The first-order valence-corrected chi connectivity index (χ1v) is 9.41. The van der Waals surface area contributed by atoms with E-state index < -0.39 is 10.0 Å². The van der Waals surface area contributed by atoms with Gasteiger partial charge in [0, 0.05) is 5.25 Å². The van der Waals surface area contributed by atoms with E-state index in [0.29, 0.717) is 10.4 Å². The largest absolute Gasteiger partial charge is 0.264 e. The van der Waals surface area contributed by atoms with E-state index in [1.807, 2.05) is 38.1 Å². The van der Waals surface area contributed by atoms with Crippen LogP contribution in [0.4, 0.5) is 5.95 Å². The molecule has 0 spiro atoms. The predicted molar refractivity (Wildman–Crippen MR) is 92.1 cm³/mol. The molecule has 3 rings (SSSR count). The van der Waals surface area contributed by atoms with Crippen LogP contribution in [-0.4, -0.2) is 28.8 Å². The Labute approximate surface area is 138 Å². The fraction of sp³-hybridized carbons (Fsp3) is 0.200. The van der Waals surface area contributed by atoms with Gasteiger partial charge in [0.25, 0.3) is 10.0 Å². The van der Waals surface area contributed by atoms with Crippen molar-refractivity contribution >= 4 is 38.5 Å². The van der Waals surface area contributed by atoms with Gasteiger partial charge in [0.05, 0.1) is 4.90 Å². The predicted octanol–water partition coefficient (Wildman–Crippen LogP) is 3.26. The van der Waals surface area contributed by atoms with Crippen LogP contribution in [0.5, 0.6) is 0 Å². The molecule has 0 fully saturated rings. The average molecular weight is 348 g/mol. The van der Waals surface area contributed by atoms with E-state index in [-0.39, 0.29) is 10.8 Å². The van der Waals surface area contributed by atoms with Crippen molar-refractivity contribution in [1.82, 2.24) is 15.2 Å². The number of H-pyrrole nitrogens is 1. The molecule has 0 aliphatic heterocycles. The Morgan fingerprint density at radius 1 is 1.13 bits per heavy atom. The summed E-state index contributed by atoms with van der Waals surface area (Å²) >= 11 is 1.45. The summed E-state index contributed by atoms with van der Waals surface area (Å²) in [6.45, 7) is 4.03. The van der Waals surface area contributed by atoms with Crippen LogP contribution in [0.2, 0.25) is 0 Å². The lowest BCUT2D eigenvalue weighted by molar-refractivity contribution is 0.601. The maximum atomic E-state index is 12.5. The summed E-state index contributed by atoms with van der Waals surface area (Å²) in [6, 6.07) is 12.6. The third kappa shape index (κ3) is 3.65. The van der Waals surface area contributed by atoms with Gasteiger partial charge in [-0.3, -0.25) is 0 Å². The number of nitrogens with one attached hydrogen (secondary N) is 2. The number of sulfonamides is 1. The number of benzene rings is 2. The molecule has 6 nitrogen and oxygen atoms in total. The molecule has 0 amide bonds. The number of rotatable bonds is 5. The van der Waals surface area contributed by atoms with E-state index in [2.05, 4.69) is 19.9 Å². The summed E-state index contributed by atoms with van der Waals surface area (Å²) in [5, 5.41) is 9.26. The van der Waals surface area contributed by atoms with Crippen LogP contribution >= 0.6 is 11.8 Å². The molecule has 3 aromatic rings. The first kappa shape index (κ1) is 15.8. The SMILES string of the molecule is CC(C)Sc1n[nH]c(NS(=O)(=O)c2ccc3ccccc3c2)n1. The third-order valence-electron chi connectivity index (χ3n) is 3.07. The first-order chi connectivity index (χ1) is 10.9. The summed E-state index contributed by atoms with van der Waals surface area (Å²) in [4.78, 5) is 4.32. The highest BCUT2D eigenvalue weighted by Crippen LogP contribution is 2.22. The van der Waals surface area contributed by atoms with E-state index in [1.54, 1.807) is 18.2 Å². The number of aromatic amines is 1. The molecule has 0 bridgehead atoms. The van der Waals surface area contributed by atoms with Gasteiger partial charge in [0.15, 0.2) is 0 Å². The van der Waals surface area contributed by atoms with Crippen LogP contribution in [0.25, 0.3) is 10.8 Å². The van der Waals surface area contributed by atoms with Gasteiger partial charge in [-0.15, -0.1) is 5.10 Å². The Bertz CT molecular complexity index is 935. The highest BCUT2D eigenvalue weighted by atomic mass is 32.2. The van der Waals surface area contributed by atoms with Crippen molar-refractivity contribution in [2.45, 2.75) is 29.1 Å². The first-order valence-electron chi connectivity index (χ1n) is 7.05. The van der Waals surface area contributed by atoms with Crippen LogP contribution in [0.1, 0.15) is 13.8 Å². The van der Waals surface area contributed by atoms with Gasteiger partial charge in [0.2, 0.25) is 11.1 Å². The number of hydrogen-bond donors (Lipinski definition) is 2. The summed E-state index contributed by atoms with van der Waals surface area (Å²) in [6.07, 6.45) is 0. The zero-order valence-corrected chi connectivity index (χ0v) is 14.3. The topological polar surface area (TPSA) is 87.7 Å². The van der Waals surface area contributed by atoms with Crippen LogP contribution in [0, 0.1) is 0 Å². The van der Waals surface area contributed by atoms with E-state index >= 15 is 0 Å². The number of nitrogens with zero attached hydrogens (tertiary/aromatic N) is 2. The Balaban J connectivity index is 1.86. The van der Waals surface area contributed by atoms with Crippen molar-refractivity contribution in [3.8, 4) is 0 Å². The highest BCUT2D eigenvalue weighted by Gasteiger charge is 2.17. The molecule has 0 aliphatic rings. The summed E-state index contributed by atoms with van der Waals surface area (Å²) in [5.74, 6) is 0.112. The zero-order chi connectivity index (χ0) is 16.4. The van der Waals surface area contributed by atoms with Crippen LogP contribution in [0.15, 0.2) is 52.5 Å². The maximum Gasteiger partial charge on any atom is 0.264 e. The summed E-state index contributed by atoms with van der Waals surface area (Å²) < 4.78 is 27.4. The smallest absolute Gasteiger partial charge is 0.248 e. The van der Waals surface area contributed by atoms with Crippen molar-refractivity contribution in [3.63, 3.8) is 0 Å². The molecule has 2 aromatic carbocycles. The Hall–Kier alpha value is -2.06. The molecule has 0 radical (unpaired) electrons. The van der Waals surface area contributed by atoms with Gasteiger partial charge < -0.3 is 0 Å². The van der Waals surface area contributed by atoms with Gasteiger partial charge in [0.1, 0.15) is 0 Å². The molecule has 23 heavy (non-hydrogen) atoms. The lowest BCUT2D eigenvalue weighted by Gasteiger charge is -2.06. The maximum absolute atomic E-state index is 12.5. The number of aromatic nitrogens is 3. The van der Waals surface area contributed by atoms with E-state index in [9.17, 15) is 8.42 Å². The van der Waals surface area contributed by atoms with Gasteiger partial charge >= 0.3 is 0 Å². The molecule has 0 aliphatic carbocycles. The van der Waals surface area contributed by atoms with Gasteiger partial charge in [-0.1, -0.05) is 55.9 Å². The minimum Gasteiger partial charge on any atom is -0.248 e. The van der Waals surface area contributed by atoms with Crippen LogP contribution < -0.4 is 4.72 Å². The molecule has 0 unspecified atom stereocenters. The fourth-order valence-corrected chi connectivity index (χ4v) is 3.73. The number of anilines is 1. The quantitative estimate of drug-likeness (QED) is 0.691. The van der Waals surface area contributed by atoms with Gasteiger partial charge in [-0.05, 0) is 22.9 Å². The molecule has 120 valence electrons. The minimum absolute atomic E-state index is 0.112. The number of thioether (sulfide) groups is 1. The number of fused-ring (bicyclic) bond motifs is 1. The Morgan fingerprint density at radius 3 is 2.61 bits per heavy atom. The number of hydrogen-bond acceptors (Lipinski definition) is 5. The molecule has 0 saturated heterocycles. The van der Waals surface area contributed by atoms with Crippen molar-refractivity contribution in [1.29, 1.82) is 0 Å². The monoisotopic (exact) mass is 348 g/mol. The molecular weight excluding hydrogens is 332 g/mol. The van der Waals surface area contributed by atoms with Crippen molar-refractivity contribution in [2.24, 2.45) is 0 Å². The lowest BCUT2D eigenvalue weighted by Crippen LogP contribution is -2.14. The fourth-order valence-electron chi connectivity index (χ4n) is 2.08. The van der Waals surface area contributed by atoms with Crippen molar-refractivity contribution in [3.05, 3.63) is 42.5 Å². The van der Waals surface area contributed by atoms with Crippen LogP contribution in [0.3, 0.4) is 0 Å². The molecule has 1 heterocycles. The van der Waals surface area contributed by atoms with Crippen molar-refractivity contribution in [2.75, 3.05) is 4.72 Å². The Kier molecular flexibility index (Phi) is 4.27. The van der Waals surface area contributed by atoms with E-state index in [0.717, 1.165) is 10.8 Å².